The third-order valence-corrected chi connectivity index (χ3v) is 2.56. The number of nitrogens with one attached hydrogen (secondary N) is 1. The van der Waals surface area contributed by atoms with Crippen LogP contribution >= 0.6 is 0 Å². The summed E-state index contributed by atoms with van der Waals surface area (Å²) in [5.74, 6) is 0. The molecule has 1 aliphatic heterocycles. The minimum absolute atomic E-state index is 0.391. The molecule has 2 atom stereocenters. The van der Waals surface area contributed by atoms with Crippen LogP contribution in [0, 0.1) is 0 Å². The standard InChI is InChI=1S/C12H17N3/c1-11(13)6-3-9-4-8-12(2,14)15-10(9)5-7-11/h3-8,15H,13-14H2,1-2H3. The highest BCUT2D eigenvalue weighted by molar-refractivity contribution is 5.48. The zero-order valence-corrected chi connectivity index (χ0v) is 9.12. The van der Waals surface area contributed by atoms with Crippen molar-refractivity contribution in [1.82, 2.24) is 5.32 Å². The van der Waals surface area contributed by atoms with Gasteiger partial charge in [-0.2, -0.15) is 0 Å². The van der Waals surface area contributed by atoms with E-state index in [9.17, 15) is 0 Å². The number of allylic oxidation sites excluding steroid dienone is 4. The average Bonchev–Trinajstić information content (AvgIpc) is 2.25. The van der Waals surface area contributed by atoms with Gasteiger partial charge in [0, 0.05) is 5.70 Å². The summed E-state index contributed by atoms with van der Waals surface area (Å²) in [6.07, 6.45) is 11.9. The van der Waals surface area contributed by atoms with Crippen LogP contribution < -0.4 is 16.8 Å². The Bertz CT molecular complexity index is 395. The van der Waals surface area contributed by atoms with Crippen molar-refractivity contribution in [3.63, 3.8) is 0 Å². The predicted octanol–water partition coefficient (Wildman–Crippen LogP) is 0.918. The van der Waals surface area contributed by atoms with E-state index in [4.69, 9.17) is 11.5 Å². The Kier molecular flexibility index (Phi) is 2.10. The van der Waals surface area contributed by atoms with E-state index in [1.54, 1.807) is 0 Å². The van der Waals surface area contributed by atoms with Crippen LogP contribution in [-0.2, 0) is 0 Å². The lowest BCUT2D eigenvalue weighted by Crippen LogP contribution is -2.49. The van der Waals surface area contributed by atoms with E-state index >= 15 is 0 Å². The van der Waals surface area contributed by atoms with Gasteiger partial charge >= 0.3 is 0 Å². The first-order chi connectivity index (χ1) is 6.88. The minimum atomic E-state index is -0.480. The summed E-state index contributed by atoms with van der Waals surface area (Å²) in [6, 6.07) is 0. The van der Waals surface area contributed by atoms with E-state index in [0.29, 0.717) is 0 Å². The lowest BCUT2D eigenvalue weighted by molar-refractivity contribution is 0.502. The Morgan fingerprint density at radius 3 is 2.33 bits per heavy atom. The van der Waals surface area contributed by atoms with Gasteiger partial charge in [0.2, 0.25) is 0 Å². The fraction of sp³-hybridized carbons (Fsp3) is 0.333. The Morgan fingerprint density at radius 2 is 1.60 bits per heavy atom. The zero-order valence-electron chi connectivity index (χ0n) is 9.12. The first kappa shape index (κ1) is 10.2. The van der Waals surface area contributed by atoms with Gasteiger partial charge in [0.05, 0.1) is 5.54 Å². The summed E-state index contributed by atoms with van der Waals surface area (Å²) in [7, 11) is 0. The van der Waals surface area contributed by atoms with Gasteiger partial charge in [-0.25, -0.2) is 0 Å². The smallest absolute Gasteiger partial charge is 0.102 e. The molecule has 0 saturated carbocycles. The second-order valence-electron chi connectivity index (χ2n) is 4.64. The number of rotatable bonds is 0. The molecule has 0 spiro atoms. The van der Waals surface area contributed by atoms with E-state index in [2.05, 4.69) is 5.32 Å². The van der Waals surface area contributed by atoms with Crippen molar-refractivity contribution >= 4 is 0 Å². The van der Waals surface area contributed by atoms with Crippen molar-refractivity contribution in [3.05, 3.63) is 47.7 Å². The maximum absolute atomic E-state index is 6.02. The van der Waals surface area contributed by atoms with Gasteiger partial charge in [0.25, 0.3) is 0 Å². The fourth-order valence-electron chi connectivity index (χ4n) is 1.63. The molecule has 2 rings (SSSR count). The van der Waals surface area contributed by atoms with E-state index < -0.39 is 11.2 Å². The van der Waals surface area contributed by atoms with Crippen LogP contribution in [0.25, 0.3) is 0 Å². The van der Waals surface area contributed by atoms with Crippen LogP contribution in [-0.4, -0.2) is 11.2 Å². The molecular formula is C12H17N3. The molecular weight excluding hydrogens is 186 g/mol. The Balaban J connectivity index is 2.37. The van der Waals surface area contributed by atoms with Crippen LogP contribution in [0.5, 0.6) is 0 Å². The highest BCUT2D eigenvalue weighted by Gasteiger charge is 2.22. The van der Waals surface area contributed by atoms with Crippen molar-refractivity contribution in [3.8, 4) is 0 Å². The molecule has 2 aliphatic rings. The lowest BCUT2D eigenvalue weighted by atomic mass is 10.0. The number of nitrogens with two attached hydrogens (primary N) is 2. The molecule has 2 unspecified atom stereocenters. The summed E-state index contributed by atoms with van der Waals surface area (Å²) in [5.41, 5.74) is 13.3. The fourth-order valence-corrected chi connectivity index (χ4v) is 1.63. The Morgan fingerprint density at radius 1 is 1.00 bits per heavy atom. The topological polar surface area (TPSA) is 64.1 Å². The maximum Gasteiger partial charge on any atom is 0.102 e. The van der Waals surface area contributed by atoms with Crippen LogP contribution in [0.15, 0.2) is 47.7 Å². The minimum Gasteiger partial charge on any atom is -0.364 e. The molecule has 80 valence electrons. The first-order valence-electron chi connectivity index (χ1n) is 5.06. The number of hydrogen-bond acceptors (Lipinski definition) is 3. The second kappa shape index (κ2) is 3.08. The highest BCUT2D eigenvalue weighted by atomic mass is 15.1. The molecule has 1 heterocycles. The maximum atomic E-state index is 6.02. The average molecular weight is 203 g/mol. The highest BCUT2D eigenvalue weighted by Crippen LogP contribution is 2.22. The van der Waals surface area contributed by atoms with E-state index in [-0.39, 0.29) is 0 Å². The van der Waals surface area contributed by atoms with Crippen molar-refractivity contribution in [2.75, 3.05) is 0 Å². The molecule has 0 amide bonds. The molecule has 0 fully saturated rings. The number of hydrogen-bond donors (Lipinski definition) is 3. The third kappa shape index (κ3) is 2.19. The second-order valence-corrected chi connectivity index (χ2v) is 4.64. The molecule has 1 aliphatic carbocycles. The third-order valence-electron chi connectivity index (χ3n) is 2.56. The quantitative estimate of drug-likeness (QED) is 0.548. The normalized spacial score (nSPS) is 38.7. The van der Waals surface area contributed by atoms with Crippen molar-refractivity contribution in [2.45, 2.75) is 25.0 Å². The largest absolute Gasteiger partial charge is 0.364 e. The van der Waals surface area contributed by atoms with Crippen molar-refractivity contribution in [2.24, 2.45) is 11.5 Å². The van der Waals surface area contributed by atoms with Gasteiger partial charge in [0.1, 0.15) is 5.66 Å². The summed E-state index contributed by atoms with van der Waals surface area (Å²) in [4.78, 5) is 0. The molecule has 0 aromatic carbocycles. The van der Waals surface area contributed by atoms with Crippen LogP contribution in [0.1, 0.15) is 13.8 Å². The molecule has 5 N–H and O–H groups in total. The molecule has 3 nitrogen and oxygen atoms in total. The van der Waals surface area contributed by atoms with Gasteiger partial charge < -0.3 is 16.8 Å². The Hall–Kier alpha value is -1.32. The summed E-state index contributed by atoms with van der Waals surface area (Å²) in [6.45, 7) is 3.89. The van der Waals surface area contributed by atoms with Gasteiger partial charge in [0.15, 0.2) is 0 Å². The first-order valence-corrected chi connectivity index (χ1v) is 5.06. The van der Waals surface area contributed by atoms with E-state index in [1.807, 2.05) is 50.3 Å². The molecule has 0 radical (unpaired) electrons. The van der Waals surface area contributed by atoms with Crippen molar-refractivity contribution in [1.29, 1.82) is 0 Å². The molecule has 0 saturated heterocycles. The van der Waals surface area contributed by atoms with Crippen LogP contribution in [0.4, 0.5) is 0 Å². The molecule has 3 heteroatoms. The molecule has 15 heavy (non-hydrogen) atoms. The van der Waals surface area contributed by atoms with Gasteiger partial charge in [-0.1, -0.05) is 24.3 Å². The zero-order chi connectivity index (χ0) is 11.1. The summed E-state index contributed by atoms with van der Waals surface area (Å²) < 4.78 is 0. The molecule has 0 aromatic rings. The van der Waals surface area contributed by atoms with Crippen LogP contribution in [0.2, 0.25) is 0 Å². The van der Waals surface area contributed by atoms with Gasteiger partial charge in [-0.15, -0.1) is 0 Å². The monoisotopic (exact) mass is 203 g/mol. The summed E-state index contributed by atoms with van der Waals surface area (Å²) >= 11 is 0. The van der Waals surface area contributed by atoms with Crippen molar-refractivity contribution < 1.29 is 0 Å². The molecule has 0 bridgehead atoms. The van der Waals surface area contributed by atoms with Gasteiger partial charge in [-0.3, -0.25) is 0 Å². The summed E-state index contributed by atoms with van der Waals surface area (Å²) in [5, 5.41) is 3.25. The SMILES string of the molecule is CC1(N)C=CC2=C(C=C1)NC(C)(N)C=C2. The van der Waals surface area contributed by atoms with E-state index in [1.165, 1.54) is 0 Å². The van der Waals surface area contributed by atoms with Crippen LogP contribution in [0.3, 0.4) is 0 Å². The Labute approximate surface area is 90.2 Å². The van der Waals surface area contributed by atoms with Gasteiger partial charge in [-0.05, 0) is 31.6 Å². The van der Waals surface area contributed by atoms with E-state index in [0.717, 1.165) is 11.3 Å². The lowest BCUT2D eigenvalue weighted by Gasteiger charge is -2.28. The molecule has 0 aromatic heterocycles. The number of dihydropyridines is 1. The predicted molar refractivity (Wildman–Crippen MR) is 62.8 cm³/mol.